The van der Waals surface area contributed by atoms with E-state index in [9.17, 15) is 27.2 Å². The van der Waals surface area contributed by atoms with Gasteiger partial charge in [-0.05, 0) is 76.0 Å². The van der Waals surface area contributed by atoms with E-state index in [1.54, 1.807) is 13.0 Å². The minimum Gasteiger partial charge on any atom is -0.494 e. The molecule has 6 atom stereocenters. The number of pyridine rings is 1. The fourth-order valence-electron chi connectivity index (χ4n) is 6.62. The molecule has 1 aromatic carbocycles. The lowest BCUT2D eigenvalue weighted by Gasteiger charge is -2.28. The first-order chi connectivity index (χ1) is 22.8. The number of nitrogens with zero attached hydrogens (tertiary/aromatic N) is 2. The van der Waals surface area contributed by atoms with Crippen LogP contribution in [0.25, 0.3) is 10.8 Å². The Morgan fingerprint density at radius 2 is 2.04 bits per heavy atom. The number of benzene rings is 1. The molecular formula is C34H43FN4O8S. The van der Waals surface area contributed by atoms with Gasteiger partial charge in [-0.15, -0.1) is 0 Å². The van der Waals surface area contributed by atoms with Crippen molar-refractivity contribution >= 4 is 38.5 Å². The molecule has 1 unspecified atom stereocenters. The third-order valence-electron chi connectivity index (χ3n) is 10.2. The summed E-state index contributed by atoms with van der Waals surface area (Å²) in [6.45, 7) is 5.50. The first-order valence-electron chi connectivity index (χ1n) is 16.6. The minimum atomic E-state index is -3.96. The molecule has 48 heavy (non-hydrogen) atoms. The third-order valence-corrected chi connectivity index (χ3v) is 12.3. The van der Waals surface area contributed by atoms with E-state index < -0.39 is 56.0 Å². The van der Waals surface area contributed by atoms with E-state index in [0.717, 1.165) is 0 Å². The molecular weight excluding hydrogens is 643 g/mol. The van der Waals surface area contributed by atoms with Crippen LogP contribution in [0.4, 0.5) is 4.39 Å². The number of sulfonamides is 1. The molecule has 0 radical (unpaired) electrons. The second kappa shape index (κ2) is 12.9. The smallest absolute Gasteiger partial charge is 0.259 e. The van der Waals surface area contributed by atoms with E-state index in [2.05, 4.69) is 15.0 Å². The molecule has 3 amide bonds. The van der Waals surface area contributed by atoms with Crippen LogP contribution >= 0.6 is 0 Å². The lowest BCUT2D eigenvalue weighted by molar-refractivity contribution is -0.142. The van der Waals surface area contributed by atoms with Crippen molar-refractivity contribution in [3.05, 3.63) is 42.4 Å². The van der Waals surface area contributed by atoms with Crippen LogP contribution < -0.4 is 19.5 Å². The summed E-state index contributed by atoms with van der Waals surface area (Å²) in [6.07, 6.45) is 7.21. The molecule has 2 N–H and O–H groups in total. The molecule has 0 bridgehead atoms. The Morgan fingerprint density at radius 3 is 2.75 bits per heavy atom. The highest BCUT2D eigenvalue weighted by Gasteiger charge is 2.63. The molecule has 3 heterocycles. The predicted octanol–water partition coefficient (Wildman–Crippen LogP) is 3.53. The van der Waals surface area contributed by atoms with Gasteiger partial charge in [0.15, 0.2) is 11.6 Å². The standard InChI is InChI=1S/C34H43FN4O8S/c1-5-23-16-29(40)39-19-24(47-31-25-17-26(35)28(45-4)14-21(25)10-13-36-31)15-27(39)30(41)37-34(18-22(34)9-7-6-8-20(2)46-23)32(42)38-48(43,44)33(3)11-12-33/h7,9-10,13-14,17,20,22-24,27H,5-6,8,11-12,15-16,18-19H2,1-4H3,(H,37,41)(H,38,42)/b9-7-/t20-,22?,23+,24-,27+,34-/m1/s1. The zero-order valence-corrected chi connectivity index (χ0v) is 28.5. The van der Waals surface area contributed by atoms with Gasteiger partial charge in [0, 0.05) is 23.9 Å². The third kappa shape index (κ3) is 6.60. The fraction of sp³-hybridized carbons (Fsp3) is 0.588. The Hall–Kier alpha value is -3.78. The molecule has 12 nitrogen and oxygen atoms in total. The average molecular weight is 687 g/mol. The van der Waals surface area contributed by atoms with E-state index in [4.69, 9.17) is 14.2 Å². The second-order valence-electron chi connectivity index (χ2n) is 13.7. The van der Waals surface area contributed by atoms with Crippen LogP contribution in [0.1, 0.15) is 72.1 Å². The molecule has 2 aliphatic carbocycles. The topological polar surface area (TPSA) is 153 Å². The van der Waals surface area contributed by atoms with Gasteiger partial charge in [-0.1, -0.05) is 19.1 Å². The summed E-state index contributed by atoms with van der Waals surface area (Å²) < 4.78 is 59.5. The molecule has 1 saturated heterocycles. The maximum absolute atomic E-state index is 14.7. The van der Waals surface area contributed by atoms with E-state index >= 15 is 0 Å². The fourth-order valence-corrected chi connectivity index (χ4v) is 7.93. The molecule has 260 valence electrons. The normalized spacial score (nSPS) is 31.0. The Bertz CT molecular complexity index is 1750. The summed E-state index contributed by atoms with van der Waals surface area (Å²) >= 11 is 0. The summed E-state index contributed by atoms with van der Waals surface area (Å²) in [5.41, 5.74) is -1.48. The number of hydrogen-bond donors (Lipinski definition) is 2. The average Bonchev–Trinajstić information content (AvgIpc) is 3.92. The maximum Gasteiger partial charge on any atom is 0.259 e. The van der Waals surface area contributed by atoms with Crippen molar-refractivity contribution in [3.8, 4) is 11.6 Å². The van der Waals surface area contributed by atoms with Gasteiger partial charge in [0.1, 0.15) is 17.7 Å². The molecule has 2 aromatic rings. The summed E-state index contributed by atoms with van der Waals surface area (Å²) in [6, 6.07) is 3.48. The van der Waals surface area contributed by atoms with Crippen LogP contribution in [0.2, 0.25) is 0 Å². The summed E-state index contributed by atoms with van der Waals surface area (Å²) in [5, 5.41) is 3.90. The van der Waals surface area contributed by atoms with Gasteiger partial charge in [-0.25, -0.2) is 17.8 Å². The molecule has 3 fully saturated rings. The minimum absolute atomic E-state index is 0.0366. The number of ether oxygens (including phenoxy) is 3. The van der Waals surface area contributed by atoms with Gasteiger partial charge in [0.05, 0.1) is 37.0 Å². The number of nitrogens with one attached hydrogen (secondary N) is 2. The number of amides is 3. The lowest BCUT2D eigenvalue weighted by Crippen LogP contribution is -2.57. The SMILES string of the molecule is CC[C@H]1CC(=O)N2C[C@H](Oc3nccc4cc(OC)c(F)cc34)C[C@H]2C(=O)N[C@]2(C(=O)NS(=O)(=O)C3(C)CC3)CC2/C=C\CC[C@@H](C)O1. The number of fused-ring (bicyclic) bond motifs is 3. The van der Waals surface area contributed by atoms with Gasteiger partial charge >= 0.3 is 0 Å². The molecule has 6 rings (SSSR count). The summed E-state index contributed by atoms with van der Waals surface area (Å²) in [4.78, 5) is 47.4. The van der Waals surface area contributed by atoms with Crippen molar-refractivity contribution in [2.45, 2.75) is 107 Å². The highest BCUT2D eigenvalue weighted by molar-refractivity contribution is 7.91. The first kappa shape index (κ1) is 34.1. The van der Waals surface area contributed by atoms with Gasteiger partial charge in [0.2, 0.25) is 27.7 Å². The Balaban J connectivity index is 1.29. The number of methoxy groups -OCH3 is 1. The van der Waals surface area contributed by atoms with Crippen LogP contribution in [0, 0.1) is 11.7 Å². The first-order valence-corrected chi connectivity index (χ1v) is 18.1. The van der Waals surface area contributed by atoms with Gasteiger partial charge in [0.25, 0.3) is 5.91 Å². The van der Waals surface area contributed by atoms with Crippen LogP contribution in [0.15, 0.2) is 36.5 Å². The van der Waals surface area contributed by atoms with Crippen molar-refractivity contribution in [1.82, 2.24) is 19.9 Å². The summed E-state index contributed by atoms with van der Waals surface area (Å²) in [7, 11) is -2.58. The molecule has 2 aliphatic heterocycles. The second-order valence-corrected chi connectivity index (χ2v) is 15.9. The van der Waals surface area contributed by atoms with Crippen molar-refractivity contribution in [3.63, 3.8) is 0 Å². The van der Waals surface area contributed by atoms with Crippen LogP contribution in [-0.4, -0.2) is 84.3 Å². The number of allylic oxidation sites excluding steroid dienone is 1. The zero-order valence-electron chi connectivity index (χ0n) is 27.7. The van der Waals surface area contributed by atoms with E-state index in [1.807, 2.05) is 26.0 Å². The number of rotatable bonds is 7. The predicted molar refractivity (Wildman–Crippen MR) is 174 cm³/mol. The highest BCUT2D eigenvalue weighted by atomic mass is 32.2. The monoisotopic (exact) mass is 686 g/mol. The molecule has 4 aliphatic rings. The zero-order chi connectivity index (χ0) is 34.4. The largest absolute Gasteiger partial charge is 0.494 e. The Labute approximate surface area is 279 Å². The molecule has 2 saturated carbocycles. The van der Waals surface area contributed by atoms with E-state index in [-0.39, 0.29) is 55.6 Å². The number of aromatic nitrogens is 1. The van der Waals surface area contributed by atoms with Gasteiger partial charge in [-0.2, -0.15) is 0 Å². The number of carbonyl (C=O) groups is 3. The number of carbonyl (C=O) groups excluding carboxylic acids is 3. The molecule has 0 spiro atoms. The number of hydrogen-bond acceptors (Lipinski definition) is 9. The Kier molecular flexibility index (Phi) is 9.18. The molecule has 14 heteroatoms. The number of halogens is 1. The van der Waals surface area contributed by atoms with Crippen molar-refractivity contribution in [2.75, 3.05) is 13.7 Å². The van der Waals surface area contributed by atoms with Crippen molar-refractivity contribution in [2.24, 2.45) is 5.92 Å². The van der Waals surface area contributed by atoms with Gasteiger partial charge in [-0.3, -0.25) is 19.1 Å². The highest BCUT2D eigenvalue weighted by Crippen LogP contribution is 2.47. The van der Waals surface area contributed by atoms with Crippen LogP contribution in [0.3, 0.4) is 0 Å². The quantitative estimate of drug-likeness (QED) is 0.417. The van der Waals surface area contributed by atoms with Crippen LogP contribution in [0.5, 0.6) is 11.6 Å². The van der Waals surface area contributed by atoms with Crippen molar-refractivity contribution in [1.29, 1.82) is 0 Å². The van der Waals surface area contributed by atoms with E-state index in [0.29, 0.717) is 42.9 Å². The van der Waals surface area contributed by atoms with Gasteiger partial charge < -0.3 is 24.4 Å². The lowest BCUT2D eigenvalue weighted by atomic mass is 10.1. The summed E-state index contributed by atoms with van der Waals surface area (Å²) in [5.74, 6) is -2.50. The Morgan fingerprint density at radius 1 is 1.27 bits per heavy atom. The van der Waals surface area contributed by atoms with Crippen molar-refractivity contribution < 1.29 is 41.4 Å². The molecule has 1 aromatic heterocycles. The van der Waals surface area contributed by atoms with Crippen LogP contribution in [-0.2, 0) is 29.1 Å². The maximum atomic E-state index is 14.7. The van der Waals surface area contributed by atoms with E-state index in [1.165, 1.54) is 30.3 Å².